The molecule has 3 aromatic rings. The quantitative estimate of drug-likeness (QED) is 0.295. The minimum absolute atomic E-state index is 0.00737. The van der Waals surface area contributed by atoms with Crippen LogP contribution in [0.1, 0.15) is 68.1 Å². The largest absolute Gasteiger partial charge is 0.369 e. The molecular weight excluding hydrogens is 689 g/mol. The highest BCUT2D eigenvalue weighted by molar-refractivity contribution is 7.09. The van der Waals surface area contributed by atoms with Crippen molar-refractivity contribution in [2.75, 3.05) is 47.4 Å². The first-order valence-corrected chi connectivity index (χ1v) is 18.1. The van der Waals surface area contributed by atoms with Crippen molar-refractivity contribution < 1.29 is 33.5 Å². The van der Waals surface area contributed by atoms with Crippen molar-refractivity contribution in [1.29, 1.82) is 0 Å². The Labute approximate surface area is 307 Å². The van der Waals surface area contributed by atoms with Crippen LogP contribution in [0.4, 0.5) is 0 Å². The Kier molecular flexibility index (Phi) is 13.2. The van der Waals surface area contributed by atoms with Gasteiger partial charge in [0.2, 0.25) is 23.6 Å². The van der Waals surface area contributed by atoms with E-state index < -0.39 is 59.2 Å². The summed E-state index contributed by atoms with van der Waals surface area (Å²) < 4.78 is 5.41. The number of rotatable bonds is 6. The summed E-state index contributed by atoms with van der Waals surface area (Å²) in [6.45, 7) is 8.07. The highest BCUT2D eigenvalue weighted by Gasteiger charge is 2.35. The highest BCUT2D eigenvalue weighted by Crippen LogP contribution is 2.26. The van der Waals surface area contributed by atoms with E-state index in [1.807, 2.05) is 38.1 Å². The first-order chi connectivity index (χ1) is 24.5. The van der Waals surface area contributed by atoms with Crippen molar-refractivity contribution in [3.63, 3.8) is 0 Å². The second-order valence-electron chi connectivity index (χ2n) is 14.1. The Morgan fingerprint density at radius 1 is 0.962 bits per heavy atom. The molecule has 3 atom stereocenters. The third-order valence-electron chi connectivity index (χ3n) is 9.03. The SMILES string of the molecule is COC(C)(C)C(=O)N1CCN(C)C(=O)[C@H](C)NC(=O)CN(C)C(=O)[C@@H](Cc2c[nH]c3ccccc23)NC(=O)c2csc(n2)[C@H](CC(C)C)NC(=O)C1. The summed E-state index contributed by atoms with van der Waals surface area (Å²) in [5.41, 5.74) is 0.480. The number of nitrogens with zero attached hydrogens (tertiary/aromatic N) is 4. The number of thiazole rings is 1. The summed E-state index contributed by atoms with van der Waals surface area (Å²) in [6, 6.07) is 4.99. The monoisotopic (exact) mass is 738 g/mol. The van der Waals surface area contributed by atoms with E-state index >= 15 is 0 Å². The molecule has 0 radical (unpaired) electrons. The van der Waals surface area contributed by atoms with Gasteiger partial charge < -0.3 is 40.4 Å². The molecule has 6 amide bonds. The zero-order valence-corrected chi connectivity index (χ0v) is 31.9. The molecule has 2 bridgehead atoms. The molecule has 1 aliphatic heterocycles. The predicted molar refractivity (Wildman–Crippen MR) is 196 cm³/mol. The van der Waals surface area contributed by atoms with E-state index in [1.165, 1.54) is 54.2 Å². The van der Waals surface area contributed by atoms with Crippen molar-refractivity contribution in [3.8, 4) is 0 Å². The van der Waals surface area contributed by atoms with E-state index in [9.17, 15) is 28.8 Å². The molecule has 1 aromatic carbocycles. The van der Waals surface area contributed by atoms with E-state index in [-0.39, 0.29) is 44.2 Å². The van der Waals surface area contributed by atoms with E-state index in [0.717, 1.165) is 16.5 Å². The molecule has 0 saturated carbocycles. The Balaban J connectivity index is 1.69. The van der Waals surface area contributed by atoms with Gasteiger partial charge in [-0.3, -0.25) is 28.8 Å². The number of hydrogen-bond acceptors (Lipinski definition) is 9. The van der Waals surface area contributed by atoms with Gasteiger partial charge in [-0.2, -0.15) is 0 Å². The number of para-hydroxylation sites is 1. The number of methoxy groups -OCH3 is 1. The number of benzene rings is 1. The average molecular weight is 739 g/mol. The first kappa shape index (κ1) is 39.9. The Hall–Kier alpha value is -4.83. The summed E-state index contributed by atoms with van der Waals surface area (Å²) in [4.78, 5) is 92.8. The van der Waals surface area contributed by atoms with E-state index in [1.54, 1.807) is 25.4 Å². The van der Waals surface area contributed by atoms with Gasteiger partial charge in [-0.05, 0) is 44.7 Å². The Bertz CT molecular complexity index is 1790. The molecule has 282 valence electrons. The molecule has 15 nitrogen and oxygen atoms in total. The van der Waals surface area contributed by atoms with Crippen LogP contribution in [0.5, 0.6) is 0 Å². The normalized spacial score (nSPS) is 20.8. The molecule has 0 spiro atoms. The zero-order chi connectivity index (χ0) is 38.3. The summed E-state index contributed by atoms with van der Waals surface area (Å²) in [5.74, 6) is -2.90. The van der Waals surface area contributed by atoms with Crippen molar-refractivity contribution in [2.24, 2.45) is 5.92 Å². The molecule has 3 heterocycles. The smallest absolute Gasteiger partial charge is 0.271 e. The number of ether oxygens (including phenoxy) is 1. The lowest BCUT2D eigenvalue weighted by atomic mass is 10.0. The van der Waals surface area contributed by atoms with Gasteiger partial charge >= 0.3 is 0 Å². The number of likely N-dealkylation sites (N-methyl/N-ethyl adjacent to an activating group) is 2. The van der Waals surface area contributed by atoms with Gasteiger partial charge in [0.1, 0.15) is 28.4 Å². The lowest BCUT2D eigenvalue weighted by Gasteiger charge is -2.32. The average Bonchev–Trinajstić information content (AvgIpc) is 3.76. The highest BCUT2D eigenvalue weighted by atomic mass is 32.1. The maximum Gasteiger partial charge on any atom is 0.271 e. The number of carbonyl (C=O) groups is 6. The van der Waals surface area contributed by atoms with E-state index in [2.05, 4.69) is 25.9 Å². The molecule has 1 aliphatic rings. The van der Waals surface area contributed by atoms with Crippen LogP contribution in [0.25, 0.3) is 10.9 Å². The third-order valence-corrected chi connectivity index (χ3v) is 9.99. The molecule has 0 fully saturated rings. The van der Waals surface area contributed by atoms with Crippen LogP contribution < -0.4 is 16.0 Å². The van der Waals surface area contributed by atoms with Crippen LogP contribution in [0.2, 0.25) is 0 Å². The number of aromatic amines is 1. The van der Waals surface area contributed by atoms with Crippen LogP contribution >= 0.6 is 11.3 Å². The first-order valence-electron chi connectivity index (χ1n) is 17.2. The predicted octanol–water partition coefficient (Wildman–Crippen LogP) is 1.86. The second-order valence-corrected chi connectivity index (χ2v) is 15.0. The second kappa shape index (κ2) is 17.1. The van der Waals surface area contributed by atoms with Gasteiger partial charge in [0, 0.05) is 63.2 Å². The van der Waals surface area contributed by atoms with Crippen LogP contribution in [0.15, 0.2) is 35.8 Å². The number of hydrogen-bond donors (Lipinski definition) is 4. The maximum absolute atomic E-state index is 13.9. The van der Waals surface area contributed by atoms with E-state index in [0.29, 0.717) is 11.4 Å². The summed E-state index contributed by atoms with van der Waals surface area (Å²) in [5, 5.41) is 11.4. The molecule has 2 aromatic heterocycles. The molecule has 0 saturated heterocycles. The maximum atomic E-state index is 13.9. The minimum atomic E-state index is -1.25. The Morgan fingerprint density at radius 2 is 1.65 bits per heavy atom. The number of carbonyl (C=O) groups excluding carboxylic acids is 6. The molecular formula is C36H50N8O7S. The molecule has 4 rings (SSSR count). The number of H-pyrrole nitrogens is 1. The molecule has 0 unspecified atom stereocenters. The summed E-state index contributed by atoms with van der Waals surface area (Å²) in [7, 11) is 4.40. The van der Waals surface area contributed by atoms with Crippen molar-refractivity contribution in [2.45, 2.75) is 71.2 Å². The topological polar surface area (TPSA) is 186 Å². The fraction of sp³-hybridized carbons (Fsp3) is 0.528. The number of fused-ring (bicyclic) bond motifs is 3. The standard InChI is InChI=1S/C36H50N8O7S/c1-21(2)15-26-32-41-28(20-52-32)31(47)40-27(16-23-17-37-25-12-10-9-11-24(23)25)34(49)43(7)18-29(45)38-22(3)33(48)42(6)13-14-44(19-30(46)39-26)35(50)36(4,5)51-8/h9-12,17,20-22,26-27,37H,13-16,18-19H2,1-8H3,(H,38,45)(H,39,46)(H,40,47)/t22-,26-,27+/m0/s1. The van der Waals surface area contributed by atoms with Crippen molar-refractivity contribution in [1.82, 2.24) is 40.6 Å². The number of amides is 6. The van der Waals surface area contributed by atoms with Gasteiger partial charge in [-0.15, -0.1) is 11.3 Å². The summed E-state index contributed by atoms with van der Waals surface area (Å²) in [6.07, 6.45) is 2.41. The lowest BCUT2D eigenvalue weighted by molar-refractivity contribution is -0.153. The van der Waals surface area contributed by atoms with Crippen LogP contribution in [0.3, 0.4) is 0 Å². The number of nitrogens with one attached hydrogen (secondary N) is 4. The van der Waals surface area contributed by atoms with Gasteiger partial charge in [0.05, 0.1) is 19.1 Å². The lowest BCUT2D eigenvalue weighted by Crippen LogP contribution is -2.54. The summed E-state index contributed by atoms with van der Waals surface area (Å²) >= 11 is 1.20. The molecule has 52 heavy (non-hydrogen) atoms. The van der Waals surface area contributed by atoms with Gasteiger partial charge in [0.25, 0.3) is 11.8 Å². The van der Waals surface area contributed by atoms with Crippen LogP contribution in [-0.4, -0.2) is 125 Å². The van der Waals surface area contributed by atoms with Gasteiger partial charge in [-0.25, -0.2) is 4.98 Å². The van der Waals surface area contributed by atoms with E-state index in [4.69, 9.17) is 4.74 Å². The number of aromatic nitrogens is 2. The fourth-order valence-corrected chi connectivity index (χ4v) is 6.81. The zero-order valence-electron chi connectivity index (χ0n) is 31.1. The van der Waals surface area contributed by atoms with Crippen molar-refractivity contribution in [3.05, 3.63) is 52.1 Å². The van der Waals surface area contributed by atoms with Crippen LogP contribution in [0, 0.1) is 5.92 Å². The Morgan fingerprint density at radius 3 is 2.35 bits per heavy atom. The minimum Gasteiger partial charge on any atom is -0.369 e. The van der Waals surface area contributed by atoms with Gasteiger partial charge in [-0.1, -0.05) is 32.0 Å². The fourth-order valence-electron chi connectivity index (χ4n) is 5.95. The molecule has 4 N–H and O–H groups in total. The van der Waals surface area contributed by atoms with Crippen molar-refractivity contribution >= 4 is 57.7 Å². The third kappa shape index (κ3) is 9.94. The molecule has 0 aliphatic carbocycles. The van der Waals surface area contributed by atoms with Crippen LogP contribution in [-0.2, 0) is 35.1 Å². The van der Waals surface area contributed by atoms with Gasteiger partial charge in [0.15, 0.2) is 0 Å². The molecule has 16 heteroatoms.